The van der Waals surface area contributed by atoms with E-state index in [4.69, 9.17) is 5.11 Å². The van der Waals surface area contributed by atoms with Gasteiger partial charge in [0.1, 0.15) is 0 Å². The molecule has 0 saturated carbocycles. The number of hydrogen-bond acceptors (Lipinski definition) is 1. The van der Waals surface area contributed by atoms with E-state index in [9.17, 15) is 4.79 Å². The van der Waals surface area contributed by atoms with Crippen molar-refractivity contribution < 1.29 is 26.4 Å². The smallest absolute Gasteiger partial charge is 0.481 e. The summed E-state index contributed by atoms with van der Waals surface area (Å²) in [7, 11) is 2.17. The Bertz CT molecular complexity index is 64.0. The predicted octanol–water partition coefficient (Wildman–Crippen LogP) is 0.332. The molecule has 1 N–H and O–H groups in total. The van der Waals surface area contributed by atoms with E-state index >= 15 is 0 Å². The van der Waals surface area contributed by atoms with Crippen LogP contribution in [-0.2, 0) is 21.3 Å². The molecule has 0 fully saturated rings. The summed E-state index contributed by atoms with van der Waals surface area (Å²) < 4.78 is 0. The summed E-state index contributed by atoms with van der Waals surface area (Å²) in [4.78, 5) is 9.68. The Morgan fingerprint density at radius 1 is 1.86 bits per heavy atom. The van der Waals surface area contributed by atoms with E-state index in [0.717, 1.165) is 0 Å². The van der Waals surface area contributed by atoms with Crippen molar-refractivity contribution in [2.45, 2.75) is 12.6 Å². The minimum atomic E-state index is -0.778. The maximum atomic E-state index is 9.68. The first-order valence-corrected chi connectivity index (χ1v) is 2.29. The SMILES string of the molecule is CC(P)C(=O)O.[Ni+2]. The van der Waals surface area contributed by atoms with Gasteiger partial charge in [0.15, 0.2) is 0 Å². The Labute approximate surface area is 54.8 Å². The molecule has 0 heterocycles. The van der Waals surface area contributed by atoms with Crippen LogP contribution >= 0.6 is 9.24 Å². The molecule has 7 heavy (non-hydrogen) atoms. The second kappa shape index (κ2) is 4.55. The van der Waals surface area contributed by atoms with Crippen LogP contribution in [0.25, 0.3) is 0 Å². The second-order valence-corrected chi connectivity index (χ2v) is 2.13. The molecule has 0 aliphatic heterocycles. The Balaban J connectivity index is 0. The number of carboxylic acids is 1. The van der Waals surface area contributed by atoms with Gasteiger partial charge in [0, 0.05) is 0 Å². The van der Waals surface area contributed by atoms with Gasteiger partial charge in [-0.15, -0.1) is 9.24 Å². The molecule has 0 amide bonds. The molecule has 4 heteroatoms. The number of rotatable bonds is 1. The predicted molar refractivity (Wildman–Crippen MR) is 26.8 cm³/mol. The molecule has 0 radical (unpaired) electrons. The van der Waals surface area contributed by atoms with Crippen LogP contribution in [0.5, 0.6) is 0 Å². The van der Waals surface area contributed by atoms with Gasteiger partial charge in [-0.25, -0.2) is 0 Å². The summed E-state index contributed by atoms with van der Waals surface area (Å²) in [6, 6.07) is 0. The Morgan fingerprint density at radius 3 is 2.00 bits per heavy atom. The summed E-state index contributed by atoms with van der Waals surface area (Å²) in [6.45, 7) is 1.60. The quantitative estimate of drug-likeness (QED) is 0.448. The third-order valence-electron chi connectivity index (χ3n) is 0.390. The molecule has 2 atom stereocenters. The van der Waals surface area contributed by atoms with E-state index in [1.165, 1.54) is 0 Å². The van der Waals surface area contributed by atoms with E-state index in [1.807, 2.05) is 0 Å². The average Bonchev–Trinajstić information content (AvgIpc) is 1.36. The van der Waals surface area contributed by atoms with Crippen molar-refractivity contribution in [3.63, 3.8) is 0 Å². The fourth-order valence-electron chi connectivity index (χ4n) is 0. The Kier molecular flexibility index (Phi) is 6.75. The molecular weight excluding hydrogens is 158 g/mol. The van der Waals surface area contributed by atoms with Gasteiger partial charge in [-0.05, 0) is 6.92 Å². The monoisotopic (exact) mass is 164 g/mol. The van der Waals surface area contributed by atoms with E-state index in [1.54, 1.807) is 6.92 Å². The van der Waals surface area contributed by atoms with Crippen LogP contribution in [0.2, 0.25) is 0 Å². The van der Waals surface area contributed by atoms with E-state index < -0.39 is 5.97 Å². The van der Waals surface area contributed by atoms with Gasteiger partial charge in [0.25, 0.3) is 0 Å². The van der Waals surface area contributed by atoms with Crippen LogP contribution in [-0.4, -0.2) is 16.7 Å². The minimum Gasteiger partial charge on any atom is -0.481 e. The first-order chi connectivity index (χ1) is 2.64. The number of aliphatic carboxylic acids is 1. The molecule has 0 aliphatic carbocycles. The topological polar surface area (TPSA) is 37.3 Å². The third kappa shape index (κ3) is 6.39. The largest absolute Gasteiger partial charge is 2.00 e. The van der Waals surface area contributed by atoms with Gasteiger partial charge in [-0.3, -0.25) is 4.79 Å². The summed E-state index contributed by atoms with van der Waals surface area (Å²) in [6.07, 6.45) is 0. The van der Waals surface area contributed by atoms with Gasteiger partial charge in [0.2, 0.25) is 0 Å². The standard InChI is InChI=1S/C3H7O2P.Ni/c1-2(6)3(4)5;/h2H,6H2,1H3,(H,4,5);/q;+2. The molecule has 0 spiro atoms. The molecule has 0 aromatic rings. The fourth-order valence-corrected chi connectivity index (χ4v) is 0. The molecule has 0 aromatic carbocycles. The first-order valence-electron chi connectivity index (χ1n) is 1.63. The average molecular weight is 165 g/mol. The summed E-state index contributed by atoms with van der Waals surface area (Å²) >= 11 is 0. The van der Waals surface area contributed by atoms with Crippen molar-refractivity contribution in [2.24, 2.45) is 0 Å². The van der Waals surface area contributed by atoms with Crippen LogP contribution in [0.3, 0.4) is 0 Å². The van der Waals surface area contributed by atoms with Crippen molar-refractivity contribution in [1.29, 1.82) is 0 Å². The van der Waals surface area contributed by atoms with Gasteiger partial charge in [-0.1, -0.05) is 0 Å². The third-order valence-corrected chi connectivity index (χ3v) is 0.675. The van der Waals surface area contributed by atoms with E-state index in [0.29, 0.717) is 0 Å². The normalized spacial score (nSPS) is 11.7. The zero-order valence-corrected chi connectivity index (χ0v) is 5.97. The van der Waals surface area contributed by atoms with E-state index in [2.05, 4.69) is 9.24 Å². The van der Waals surface area contributed by atoms with Crippen LogP contribution in [0.4, 0.5) is 0 Å². The van der Waals surface area contributed by atoms with Gasteiger partial charge >= 0.3 is 22.5 Å². The Hall–Kier alpha value is 0.394. The van der Waals surface area contributed by atoms with Crippen molar-refractivity contribution in [3.8, 4) is 0 Å². The molecule has 2 nitrogen and oxygen atoms in total. The number of hydrogen-bond donors (Lipinski definition) is 1. The van der Waals surface area contributed by atoms with Crippen molar-refractivity contribution in [2.75, 3.05) is 0 Å². The Morgan fingerprint density at radius 2 is 2.00 bits per heavy atom. The fraction of sp³-hybridized carbons (Fsp3) is 0.667. The molecule has 44 valence electrons. The van der Waals surface area contributed by atoms with Crippen molar-refractivity contribution in [3.05, 3.63) is 0 Å². The van der Waals surface area contributed by atoms with Gasteiger partial charge < -0.3 is 5.11 Å². The maximum Gasteiger partial charge on any atom is 2.00 e. The van der Waals surface area contributed by atoms with Crippen LogP contribution in [0.15, 0.2) is 0 Å². The van der Waals surface area contributed by atoms with Crippen molar-refractivity contribution in [1.82, 2.24) is 0 Å². The summed E-state index contributed by atoms with van der Waals surface area (Å²) in [5.41, 5.74) is -0.315. The minimum absolute atomic E-state index is 0. The molecule has 0 aliphatic rings. The number of carboxylic acid groups (broad SMARTS) is 1. The van der Waals surface area contributed by atoms with Gasteiger partial charge in [0.05, 0.1) is 5.66 Å². The molecule has 0 rings (SSSR count). The second-order valence-electron chi connectivity index (χ2n) is 1.13. The number of carbonyl (C=O) groups is 1. The first kappa shape index (κ1) is 10.4. The molecule has 2 unspecified atom stereocenters. The van der Waals surface area contributed by atoms with Gasteiger partial charge in [-0.2, -0.15) is 0 Å². The van der Waals surface area contributed by atoms with Crippen LogP contribution < -0.4 is 0 Å². The molecular formula is C3H7NiO2P+2. The molecule has 0 saturated heterocycles. The zero-order chi connectivity index (χ0) is 5.15. The molecule has 0 bridgehead atoms. The van der Waals surface area contributed by atoms with Crippen LogP contribution in [0, 0.1) is 0 Å². The van der Waals surface area contributed by atoms with Crippen molar-refractivity contribution >= 4 is 15.2 Å². The van der Waals surface area contributed by atoms with E-state index in [-0.39, 0.29) is 22.2 Å². The maximum absolute atomic E-state index is 9.68. The molecule has 0 aromatic heterocycles. The summed E-state index contributed by atoms with van der Waals surface area (Å²) in [5, 5.41) is 7.97. The summed E-state index contributed by atoms with van der Waals surface area (Å²) in [5.74, 6) is -0.778. The zero-order valence-electron chi connectivity index (χ0n) is 3.83. The van der Waals surface area contributed by atoms with Crippen LogP contribution in [0.1, 0.15) is 6.92 Å².